The number of ether oxygens (including phenoxy) is 1. The molecule has 0 saturated carbocycles. The van der Waals surface area contributed by atoms with Crippen LogP contribution in [0.2, 0.25) is 0 Å². The van der Waals surface area contributed by atoms with Crippen LogP contribution in [0.25, 0.3) is 11.2 Å². The molecular formula is C10H12N6O6. The number of carboxylic acids is 1. The minimum absolute atomic E-state index is 0.0147. The van der Waals surface area contributed by atoms with E-state index in [0.717, 1.165) is 6.33 Å². The van der Waals surface area contributed by atoms with E-state index in [1.54, 1.807) is 0 Å². The van der Waals surface area contributed by atoms with Crippen molar-refractivity contribution in [2.24, 2.45) is 0 Å². The first-order valence-electron chi connectivity index (χ1n) is 6.14. The van der Waals surface area contributed by atoms with Crippen LogP contribution in [0, 0.1) is 0 Å². The average molecular weight is 312 g/mol. The predicted octanol–water partition coefficient (Wildman–Crippen LogP) is -3.35. The van der Waals surface area contributed by atoms with E-state index >= 15 is 0 Å². The maximum Gasteiger partial charge on any atom is 0.362 e. The maximum atomic E-state index is 11.7. The molecule has 3 rings (SSSR count). The minimum Gasteiger partial charge on any atom is -0.478 e. The molecule has 3 heterocycles. The number of carbonyl (C=O) groups is 1. The smallest absolute Gasteiger partial charge is 0.362 e. The third kappa shape index (κ3) is 1.69. The largest absolute Gasteiger partial charge is 0.478 e. The Labute approximate surface area is 121 Å². The number of aromatic nitrogens is 5. The van der Waals surface area contributed by atoms with E-state index < -0.39 is 36.6 Å². The highest BCUT2D eigenvalue weighted by Crippen LogP contribution is 2.37. The third-order valence-electron chi connectivity index (χ3n) is 3.50. The van der Waals surface area contributed by atoms with Gasteiger partial charge in [0.1, 0.15) is 24.6 Å². The Balaban J connectivity index is 2.24. The summed E-state index contributed by atoms with van der Waals surface area (Å²) in [5, 5.41) is 45.9. The van der Waals surface area contributed by atoms with E-state index in [0.29, 0.717) is 4.68 Å². The number of carboxylic acid groups (broad SMARTS) is 1. The lowest BCUT2D eigenvalue weighted by atomic mass is 10.0. The Bertz CT molecular complexity index is 736. The molecule has 0 aromatic carbocycles. The molecule has 1 saturated heterocycles. The van der Waals surface area contributed by atoms with Gasteiger partial charge in [-0.05, 0) is 0 Å². The summed E-state index contributed by atoms with van der Waals surface area (Å²) in [7, 11) is 0. The van der Waals surface area contributed by atoms with E-state index in [1.807, 2.05) is 0 Å². The van der Waals surface area contributed by atoms with Crippen LogP contribution in [0.5, 0.6) is 0 Å². The second kappa shape index (κ2) is 4.81. The number of anilines is 1. The van der Waals surface area contributed by atoms with E-state index in [2.05, 4.69) is 20.3 Å². The van der Waals surface area contributed by atoms with E-state index in [4.69, 9.17) is 15.6 Å². The molecule has 4 atom stereocenters. The summed E-state index contributed by atoms with van der Waals surface area (Å²) in [6, 6.07) is 0. The Morgan fingerprint density at radius 2 is 2.18 bits per heavy atom. The number of nitrogens with two attached hydrogens (primary N) is 1. The highest BCUT2D eigenvalue weighted by Gasteiger charge is 2.62. The van der Waals surface area contributed by atoms with Crippen molar-refractivity contribution in [3.05, 3.63) is 6.33 Å². The molecule has 0 unspecified atom stereocenters. The molecule has 118 valence electrons. The first-order chi connectivity index (χ1) is 10.4. The zero-order valence-electron chi connectivity index (χ0n) is 10.9. The predicted molar refractivity (Wildman–Crippen MR) is 67.1 cm³/mol. The summed E-state index contributed by atoms with van der Waals surface area (Å²) in [5.41, 5.74) is 3.02. The number of nitrogens with zero attached hydrogens (tertiary/aromatic N) is 5. The van der Waals surface area contributed by atoms with Gasteiger partial charge in [0, 0.05) is 0 Å². The fraction of sp³-hybridized carbons (Fsp3) is 0.500. The monoisotopic (exact) mass is 312 g/mol. The molecule has 1 aliphatic rings. The molecule has 12 heteroatoms. The first-order valence-corrected chi connectivity index (χ1v) is 6.14. The van der Waals surface area contributed by atoms with Crippen molar-refractivity contribution in [1.82, 2.24) is 25.0 Å². The van der Waals surface area contributed by atoms with Crippen molar-refractivity contribution in [2.75, 3.05) is 12.3 Å². The van der Waals surface area contributed by atoms with Crippen molar-refractivity contribution in [1.29, 1.82) is 0 Å². The number of aliphatic hydroxyl groups excluding tert-OH is 3. The Morgan fingerprint density at radius 3 is 2.77 bits per heavy atom. The number of aliphatic hydroxyl groups is 3. The Kier molecular flexibility index (Phi) is 3.17. The van der Waals surface area contributed by atoms with Gasteiger partial charge in [-0.15, -0.1) is 5.10 Å². The van der Waals surface area contributed by atoms with Gasteiger partial charge in [-0.3, -0.25) is 0 Å². The number of hydrogen-bond donors (Lipinski definition) is 5. The third-order valence-corrected chi connectivity index (χ3v) is 3.50. The van der Waals surface area contributed by atoms with Gasteiger partial charge in [0.05, 0.1) is 6.61 Å². The summed E-state index contributed by atoms with van der Waals surface area (Å²) >= 11 is 0. The van der Waals surface area contributed by atoms with Crippen LogP contribution in [0.1, 0.15) is 0 Å². The zero-order chi connectivity index (χ0) is 16.1. The van der Waals surface area contributed by atoms with Crippen LogP contribution < -0.4 is 5.73 Å². The van der Waals surface area contributed by atoms with Crippen molar-refractivity contribution in [3.8, 4) is 0 Å². The topological polar surface area (TPSA) is 190 Å². The van der Waals surface area contributed by atoms with Gasteiger partial charge in [-0.25, -0.2) is 14.8 Å². The molecule has 0 spiro atoms. The van der Waals surface area contributed by atoms with Crippen molar-refractivity contribution in [3.63, 3.8) is 0 Å². The normalized spacial score (nSPS) is 31.7. The lowest BCUT2D eigenvalue weighted by Crippen LogP contribution is -2.52. The van der Waals surface area contributed by atoms with Crippen LogP contribution in [-0.2, 0) is 15.3 Å². The Hall–Kier alpha value is -2.41. The quantitative estimate of drug-likeness (QED) is 0.380. The molecule has 22 heavy (non-hydrogen) atoms. The molecular weight excluding hydrogens is 300 g/mol. The molecule has 2 aromatic heterocycles. The summed E-state index contributed by atoms with van der Waals surface area (Å²) in [6.45, 7) is -0.697. The molecule has 0 amide bonds. The van der Waals surface area contributed by atoms with Gasteiger partial charge in [-0.2, -0.15) is 4.68 Å². The van der Waals surface area contributed by atoms with E-state index in [9.17, 15) is 20.1 Å². The lowest BCUT2D eigenvalue weighted by Gasteiger charge is -2.27. The lowest BCUT2D eigenvalue weighted by molar-refractivity contribution is -0.197. The first kappa shape index (κ1) is 14.5. The van der Waals surface area contributed by atoms with Gasteiger partial charge in [0.25, 0.3) is 5.72 Å². The molecule has 12 nitrogen and oxygen atoms in total. The molecule has 0 aliphatic carbocycles. The number of rotatable bonds is 3. The SMILES string of the molecule is Nc1ncnc2c1nnn2[C@]1(C(=O)O)O[C@H](CO)[C@@H](O)[C@H]1O. The highest BCUT2D eigenvalue weighted by molar-refractivity contribution is 5.84. The molecule has 2 aromatic rings. The minimum atomic E-state index is -2.50. The maximum absolute atomic E-state index is 11.7. The van der Waals surface area contributed by atoms with Crippen LogP contribution in [-0.4, -0.2) is 76.3 Å². The zero-order valence-corrected chi connectivity index (χ0v) is 10.9. The van der Waals surface area contributed by atoms with Crippen LogP contribution in [0.3, 0.4) is 0 Å². The summed E-state index contributed by atoms with van der Waals surface area (Å²) < 4.78 is 5.89. The van der Waals surface area contributed by atoms with Gasteiger partial charge < -0.3 is 30.9 Å². The second-order valence-corrected chi connectivity index (χ2v) is 4.71. The number of nitrogen functional groups attached to an aromatic ring is 1. The molecule has 0 bridgehead atoms. The molecule has 1 fully saturated rings. The molecule has 0 radical (unpaired) electrons. The van der Waals surface area contributed by atoms with Crippen molar-refractivity contribution < 1.29 is 30.0 Å². The van der Waals surface area contributed by atoms with Gasteiger partial charge in [-0.1, -0.05) is 5.21 Å². The van der Waals surface area contributed by atoms with E-state index in [1.165, 1.54) is 0 Å². The van der Waals surface area contributed by atoms with Crippen LogP contribution in [0.4, 0.5) is 5.82 Å². The molecule has 6 N–H and O–H groups in total. The summed E-state index contributed by atoms with van der Waals surface area (Å²) in [4.78, 5) is 19.3. The van der Waals surface area contributed by atoms with Gasteiger partial charge in [0.15, 0.2) is 17.0 Å². The standard InChI is InChI=1S/C10H12N6O6/c11-7-4-8(13-2-12-7)16(15-14-4)10(9(20)21)6(19)5(18)3(1-17)22-10/h2-3,5-6,17-19H,1H2,(H,20,21)(H2,11,12,13)/t3-,5-,6-,10+/m1/s1. The van der Waals surface area contributed by atoms with Crippen LogP contribution in [0.15, 0.2) is 6.33 Å². The summed E-state index contributed by atoms with van der Waals surface area (Å²) in [5.74, 6) is -1.68. The number of hydrogen-bond acceptors (Lipinski definition) is 10. The molecule has 1 aliphatic heterocycles. The Morgan fingerprint density at radius 1 is 1.45 bits per heavy atom. The fourth-order valence-electron chi connectivity index (χ4n) is 2.38. The van der Waals surface area contributed by atoms with Crippen molar-refractivity contribution in [2.45, 2.75) is 24.0 Å². The van der Waals surface area contributed by atoms with E-state index in [-0.39, 0.29) is 17.0 Å². The highest BCUT2D eigenvalue weighted by atomic mass is 16.6. The van der Waals surface area contributed by atoms with Gasteiger partial charge in [0.2, 0.25) is 0 Å². The van der Waals surface area contributed by atoms with Crippen molar-refractivity contribution >= 4 is 23.0 Å². The summed E-state index contributed by atoms with van der Waals surface area (Å²) in [6.07, 6.45) is -3.80. The number of fused-ring (bicyclic) bond motifs is 1. The number of aliphatic carboxylic acids is 1. The van der Waals surface area contributed by atoms with Gasteiger partial charge >= 0.3 is 5.97 Å². The average Bonchev–Trinajstić information content (AvgIpc) is 3.02. The fourth-order valence-corrected chi connectivity index (χ4v) is 2.38. The second-order valence-electron chi connectivity index (χ2n) is 4.71. The van der Waals surface area contributed by atoms with Crippen LogP contribution >= 0.6 is 0 Å².